The summed E-state index contributed by atoms with van der Waals surface area (Å²) in [5.74, 6) is 0.732. The number of anilines is 1. The Morgan fingerprint density at radius 2 is 1.73 bits per heavy atom. The molecule has 0 radical (unpaired) electrons. The van der Waals surface area contributed by atoms with Gasteiger partial charge < -0.3 is 20.5 Å². The number of hydrogen-bond acceptors (Lipinski definition) is 5. The monoisotopic (exact) mass is 411 g/mol. The smallest absolute Gasteiger partial charge is 0.333 e. The summed E-state index contributed by atoms with van der Waals surface area (Å²) in [6.07, 6.45) is 0.0616. The first-order valence-corrected chi connectivity index (χ1v) is 10.3. The lowest BCUT2D eigenvalue weighted by molar-refractivity contribution is -0.144. The average Bonchev–Trinajstić information content (AvgIpc) is 2.66. The Kier molecular flexibility index (Phi) is 7.86. The summed E-state index contributed by atoms with van der Waals surface area (Å²) in [6, 6.07) is 10.5. The van der Waals surface area contributed by atoms with E-state index in [0.717, 1.165) is 28.1 Å². The molecule has 4 N–H and O–H groups in total. The normalized spacial score (nSPS) is 12.0. The Morgan fingerprint density at radius 1 is 1.10 bits per heavy atom. The first-order chi connectivity index (χ1) is 14.1. The summed E-state index contributed by atoms with van der Waals surface area (Å²) in [5, 5.41) is 10.8. The summed E-state index contributed by atoms with van der Waals surface area (Å²) in [5.41, 5.74) is 9.75. The molecule has 1 atom stereocenters. The minimum atomic E-state index is -0.668. The summed E-state index contributed by atoms with van der Waals surface area (Å²) >= 11 is 0. The Labute approximate surface area is 179 Å². The van der Waals surface area contributed by atoms with Crippen LogP contribution in [0.25, 0.3) is 0 Å². The van der Waals surface area contributed by atoms with Gasteiger partial charge in [0.25, 0.3) is 0 Å². The molecule has 0 saturated carbocycles. The van der Waals surface area contributed by atoms with Crippen molar-refractivity contribution in [3.8, 4) is 5.75 Å². The van der Waals surface area contributed by atoms with Crippen molar-refractivity contribution in [2.45, 2.75) is 59.6 Å². The molecule has 0 heterocycles. The van der Waals surface area contributed by atoms with Crippen LogP contribution in [0, 0.1) is 12.3 Å². The Bertz CT molecular complexity index is 889. The molecule has 2 rings (SSSR count). The van der Waals surface area contributed by atoms with Crippen LogP contribution in [-0.4, -0.2) is 24.5 Å². The number of aryl methyl sites for hydroxylation is 1. The second kappa shape index (κ2) is 10.1. The zero-order chi connectivity index (χ0) is 22.4. The van der Waals surface area contributed by atoms with E-state index in [1.165, 1.54) is 0 Å². The first-order valence-electron chi connectivity index (χ1n) is 10.3. The van der Waals surface area contributed by atoms with Crippen molar-refractivity contribution in [1.82, 2.24) is 0 Å². The molecule has 6 nitrogen and oxygen atoms in total. The molecule has 0 aliphatic carbocycles. The SMILES string of the molecule is CCOC(=O)C(Nc1ccc(C(=N)N)cc1)c1cc(C(C)C)c(OC(C)C)cc1C. The van der Waals surface area contributed by atoms with Crippen molar-refractivity contribution in [2.24, 2.45) is 5.73 Å². The van der Waals surface area contributed by atoms with Gasteiger partial charge in [-0.05, 0) is 86.7 Å². The molecule has 0 aromatic heterocycles. The predicted octanol–water partition coefficient (Wildman–Crippen LogP) is 4.91. The number of nitrogens with two attached hydrogens (primary N) is 1. The molecule has 6 heteroatoms. The first kappa shape index (κ1) is 23.3. The molecule has 0 aliphatic heterocycles. The van der Waals surface area contributed by atoms with Gasteiger partial charge in [0.1, 0.15) is 11.6 Å². The molecule has 0 aliphatic rings. The maximum absolute atomic E-state index is 12.8. The summed E-state index contributed by atoms with van der Waals surface area (Å²) in [6.45, 7) is 12.3. The van der Waals surface area contributed by atoms with Crippen molar-refractivity contribution in [3.63, 3.8) is 0 Å². The number of nitrogens with one attached hydrogen (secondary N) is 2. The average molecular weight is 412 g/mol. The zero-order valence-corrected chi connectivity index (χ0v) is 18.7. The number of carbonyl (C=O) groups is 1. The third kappa shape index (κ3) is 5.75. The van der Waals surface area contributed by atoms with Gasteiger partial charge in [-0.3, -0.25) is 5.41 Å². The number of esters is 1. The van der Waals surface area contributed by atoms with E-state index < -0.39 is 6.04 Å². The highest BCUT2D eigenvalue weighted by Gasteiger charge is 2.26. The van der Waals surface area contributed by atoms with Crippen LogP contribution < -0.4 is 15.8 Å². The van der Waals surface area contributed by atoms with Gasteiger partial charge in [0.2, 0.25) is 0 Å². The molecule has 2 aromatic rings. The van der Waals surface area contributed by atoms with Crippen LogP contribution in [0.5, 0.6) is 5.75 Å². The van der Waals surface area contributed by atoms with Gasteiger partial charge in [0, 0.05) is 11.3 Å². The van der Waals surface area contributed by atoms with Gasteiger partial charge >= 0.3 is 5.97 Å². The van der Waals surface area contributed by atoms with E-state index in [1.807, 2.05) is 32.9 Å². The molecule has 30 heavy (non-hydrogen) atoms. The minimum absolute atomic E-state index is 0.00153. The molecular weight excluding hydrogens is 378 g/mol. The van der Waals surface area contributed by atoms with Crippen LogP contribution in [0.15, 0.2) is 36.4 Å². The molecular formula is C24H33N3O3. The lowest BCUT2D eigenvalue weighted by atomic mass is 9.92. The fourth-order valence-electron chi connectivity index (χ4n) is 3.24. The van der Waals surface area contributed by atoms with Gasteiger partial charge in [-0.15, -0.1) is 0 Å². The van der Waals surface area contributed by atoms with Crippen molar-refractivity contribution < 1.29 is 14.3 Å². The number of carbonyl (C=O) groups excluding carboxylic acids is 1. The van der Waals surface area contributed by atoms with Gasteiger partial charge in [0.15, 0.2) is 6.04 Å². The third-order valence-electron chi connectivity index (χ3n) is 4.72. The van der Waals surface area contributed by atoms with E-state index in [-0.39, 0.29) is 23.8 Å². The maximum Gasteiger partial charge on any atom is 0.333 e. The lowest BCUT2D eigenvalue weighted by Gasteiger charge is -2.24. The summed E-state index contributed by atoms with van der Waals surface area (Å²) in [4.78, 5) is 12.8. The maximum atomic E-state index is 12.8. The quantitative estimate of drug-likeness (QED) is 0.309. The molecule has 0 saturated heterocycles. The molecule has 0 spiro atoms. The molecule has 0 amide bonds. The second-order valence-corrected chi connectivity index (χ2v) is 7.89. The highest BCUT2D eigenvalue weighted by atomic mass is 16.5. The van der Waals surface area contributed by atoms with E-state index in [4.69, 9.17) is 20.6 Å². The number of nitrogen functional groups attached to an aromatic ring is 1. The van der Waals surface area contributed by atoms with Crippen LogP contribution in [0.2, 0.25) is 0 Å². The Balaban J connectivity index is 2.49. The minimum Gasteiger partial charge on any atom is -0.491 e. The van der Waals surface area contributed by atoms with Crippen molar-refractivity contribution in [3.05, 3.63) is 58.7 Å². The second-order valence-electron chi connectivity index (χ2n) is 7.89. The highest BCUT2D eigenvalue weighted by Crippen LogP contribution is 2.34. The van der Waals surface area contributed by atoms with Crippen molar-refractivity contribution in [2.75, 3.05) is 11.9 Å². The van der Waals surface area contributed by atoms with Crippen LogP contribution in [-0.2, 0) is 9.53 Å². The van der Waals surface area contributed by atoms with E-state index in [2.05, 4.69) is 19.2 Å². The number of hydrogen-bond donors (Lipinski definition) is 3. The molecule has 0 bridgehead atoms. The number of benzene rings is 2. The molecule has 0 fully saturated rings. The lowest BCUT2D eigenvalue weighted by Crippen LogP contribution is -2.25. The van der Waals surface area contributed by atoms with Crippen LogP contribution in [0.1, 0.15) is 68.8 Å². The molecule has 2 aromatic carbocycles. The van der Waals surface area contributed by atoms with Crippen LogP contribution >= 0.6 is 0 Å². The van der Waals surface area contributed by atoms with Crippen molar-refractivity contribution >= 4 is 17.5 Å². The Morgan fingerprint density at radius 3 is 2.23 bits per heavy atom. The largest absolute Gasteiger partial charge is 0.491 e. The van der Waals surface area contributed by atoms with Crippen molar-refractivity contribution in [1.29, 1.82) is 5.41 Å². The standard InChI is InChI=1S/C24H33N3O3/c1-7-29-24(28)22(27-18-10-8-17(9-11-18)23(25)26)20-13-19(14(2)3)21(12-16(20)6)30-15(4)5/h8-15,22,27H,7H2,1-6H3,(H3,25,26). The van der Waals surface area contributed by atoms with Crippen LogP contribution in [0.4, 0.5) is 5.69 Å². The van der Waals surface area contributed by atoms with E-state index in [9.17, 15) is 4.79 Å². The van der Waals surface area contributed by atoms with Gasteiger partial charge in [0.05, 0.1) is 12.7 Å². The number of ether oxygens (including phenoxy) is 2. The zero-order valence-electron chi connectivity index (χ0n) is 18.7. The fourth-order valence-corrected chi connectivity index (χ4v) is 3.24. The Hall–Kier alpha value is -3.02. The number of rotatable bonds is 9. The van der Waals surface area contributed by atoms with Gasteiger partial charge in [-0.25, -0.2) is 4.79 Å². The van der Waals surface area contributed by atoms with E-state index in [1.54, 1.807) is 31.2 Å². The van der Waals surface area contributed by atoms with E-state index >= 15 is 0 Å². The van der Waals surface area contributed by atoms with E-state index in [0.29, 0.717) is 12.2 Å². The number of amidine groups is 1. The topological polar surface area (TPSA) is 97.4 Å². The fraction of sp³-hybridized carbons (Fsp3) is 0.417. The molecule has 162 valence electrons. The summed E-state index contributed by atoms with van der Waals surface area (Å²) in [7, 11) is 0. The van der Waals surface area contributed by atoms with Gasteiger partial charge in [-0.2, -0.15) is 0 Å². The predicted molar refractivity (Wildman–Crippen MR) is 121 cm³/mol. The summed E-state index contributed by atoms with van der Waals surface area (Å²) < 4.78 is 11.4. The molecule has 1 unspecified atom stereocenters. The van der Waals surface area contributed by atoms with Crippen LogP contribution in [0.3, 0.4) is 0 Å². The van der Waals surface area contributed by atoms with Gasteiger partial charge in [-0.1, -0.05) is 13.8 Å². The third-order valence-corrected chi connectivity index (χ3v) is 4.72. The highest BCUT2D eigenvalue weighted by molar-refractivity contribution is 5.95.